The summed E-state index contributed by atoms with van der Waals surface area (Å²) in [6, 6.07) is 8.28. The lowest BCUT2D eigenvalue weighted by atomic mass is 10.1. The average Bonchev–Trinajstić information content (AvgIpc) is 3.42. The van der Waals surface area contributed by atoms with Gasteiger partial charge in [0.25, 0.3) is 0 Å². The van der Waals surface area contributed by atoms with Crippen LogP contribution >= 0.6 is 0 Å². The van der Waals surface area contributed by atoms with Crippen molar-refractivity contribution in [3.63, 3.8) is 0 Å². The van der Waals surface area contributed by atoms with E-state index in [4.69, 9.17) is 9.47 Å². The number of nitrogens with one attached hydrogen (secondary N) is 2. The molecule has 0 spiro atoms. The molecule has 6 heteroatoms. The first kappa shape index (κ1) is 18.5. The molecule has 1 aromatic carbocycles. The Balaban J connectivity index is 1.32. The van der Waals surface area contributed by atoms with E-state index < -0.39 is 0 Å². The molecule has 1 aromatic rings. The van der Waals surface area contributed by atoms with Gasteiger partial charge >= 0.3 is 5.97 Å². The Labute approximate surface area is 155 Å². The molecule has 0 saturated heterocycles. The number of rotatable bonds is 9. The van der Waals surface area contributed by atoms with Gasteiger partial charge in [-0.1, -0.05) is 12.1 Å². The van der Waals surface area contributed by atoms with Crippen LogP contribution in [0.25, 0.3) is 0 Å². The van der Waals surface area contributed by atoms with Crippen LogP contribution in [-0.2, 0) is 9.53 Å². The topological polar surface area (TPSA) is 72.0 Å². The van der Waals surface area contributed by atoms with E-state index >= 15 is 0 Å². The number of ether oxygens (including phenoxy) is 2. The Hall–Kier alpha value is -2.24. The first-order chi connectivity index (χ1) is 12.8. The third kappa shape index (κ3) is 5.64. The van der Waals surface area contributed by atoms with Gasteiger partial charge in [-0.15, -0.1) is 0 Å². The van der Waals surface area contributed by atoms with E-state index in [1.165, 1.54) is 5.56 Å². The van der Waals surface area contributed by atoms with Gasteiger partial charge in [0.2, 0.25) is 0 Å². The van der Waals surface area contributed by atoms with E-state index in [9.17, 15) is 4.79 Å². The Morgan fingerprint density at radius 2 is 2.19 bits per heavy atom. The molecular weight excluding hydrogens is 330 g/mol. The smallest absolute Gasteiger partial charge is 0.306 e. The third-order valence-corrected chi connectivity index (χ3v) is 4.74. The van der Waals surface area contributed by atoms with Gasteiger partial charge in [0, 0.05) is 26.1 Å². The molecule has 1 saturated carbocycles. The second kappa shape index (κ2) is 9.46. The van der Waals surface area contributed by atoms with Crippen molar-refractivity contribution in [2.24, 2.45) is 10.9 Å². The molecular formula is C20H29N3O3. The number of esters is 1. The van der Waals surface area contributed by atoms with Crippen LogP contribution in [0.2, 0.25) is 0 Å². The number of carbonyl (C=O) groups is 1. The normalized spacial score (nSPS) is 21.3. The highest BCUT2D eigenvalue weighted by atomic mass is 16.5. The van der Waals surface area contributed by atoms with Gasteiger partial charge in [0.05, 0.1) is 13.2 Å². The molecule has 1 heterocycles. The standard InChI is InChI=1S/C20H29N3O3/c1-2-25-19(24)14-16-13-18(16)15-5-7-17(8-6-15)26-12-4-11-23-20-21-9-3-10-22-20/h5-8,16,18H,2-4,9-14H2,1H3,(H2,21,22,23). The van der Waals surface area contributed by atoms with Crippen LogP contribution in [0.15, 0.2) is 29.3 Å². The number of guanidine groups is 1. The molecule has 2 atom stereocenters. The van der Waals surface area contributed by atoms with E-state index in [0.717, 1.165) is 50.6 Å². The molecule has 1 aliphatic heterocycles. The summed E-state index contributed by atoms with van der Waals surface area (Å²) in [4.78, 5) is 15.9. The Bertz CT molecular complexity index is 615. The quantitative estimate of drug-likeness (QED) is 0.523. The second-order valence-electron chi connectivity index (χ2n) is 6.82. The molecule has 6 nitrogen and oxygen atoms in total. The molecule has 0 amide bonds. The zero-order chi connectivity index (χ0) is 18.2. The minimum Gasteiger partial charge on any atom is -0.494 e. The highest BCUT2D eigenvalue weighted by Crippen LogP contribution is 2.49. The van der Waals surface area contributed by atoms with E-state index in [1.807, 2.05) is 19.1 Å². The summed E-state index contributed by atoms with van der Waals surface area (Å²) in [5.41, 5.74) is 1.29. The van der Waals surface area contributed by atoms with E-state index in [-0.39, 0.29) is 5.97 Å². The van der Waals surface area contributed by atoms with Crippen molar-refractivity contribution >= 4 is 11.9 Å². The highest BCUT2D eigenvalue weighted by Gasteiger charge is 2.39. The second-order valence-corrected chi connectivity index (χ2v) is 6.82. The van der Waals surface area contributed by atoms with Crippen LogP contribution in [0, 0.1) is 5.92 Å². The molecule has 1 fully saturated rings. The lowest BCUT2D eigenvalue weighted by Crippen LogP contribution is -2.41. The average molecular weight is 359 g/mol. The number of hydrogen-bond acceptors (Lipinski definition) is 6. The fourth-order valence-corrected chi connectivity index (χ4v) is 3.25. The van der Waals surface area contributed by atoms with Gasteiger partial charge < -0.3 is 20.1 Å². The molecule has 2 unspecified atom stereocenters. The molecule has 3 rings (SSSR count). The fraction of sp³-hybridized carbons (Fsp3) is 0.600. The maximum absolute atomic E-state index is 11.5. The molecule has 1 aliphatic carbocycles. The van der Waals surface area contributed by atoms with E-state index in [2.05, 4.69) is 27.8 Å². The van der Waals surface area contributed by atoms with Gasteiger partial charge in [-0.2, -0.15) is 0 Å². The van der Waals surface area contributed by atoms with Crippen molar-refractivity contribution in [2.75, 3.05) is 32.8 Å². The molecule has 142 valence electrons. The Morgan fingerprint density at radius 3 is 2.92 bits per heavy atom. The maximum Gasteiger partial charge on any atom is 0.306 e. The van der Waals surface area contributed by atoms with Crippen molar-refractivity contribution in [1.82, 2.24) is 10.6 Å². The van der Waals surface area contributed by atoms with Crippen molar-refractivity contribution in [2.45, 2.75) is 38.5 Å². The van der Waals surface area contributed by atoms with Gasteiger partial charge in [-0.05, 0) is 55.7 Å². The first-order valence-electron chi connectivity index (χ1n) is 9.67. The number of aliphatic imine (C=N–C) groups is 1. The van der Waals surface area contributed by atoms with Crippen LogP contribution in [0.4, 0.5) is 0 Å². The van der Waals surface area contributed by atoms with Gasteiger partial charge in [0.15, 0.2) is 5.96 Å². The third-order valence-electron chi connectivity index (χ3n) is 4.74. The van der Waals surface area contributed by atoms with Crippen molar-refractivity contribution in [1.29, 1.82) is 0 Å². The summed E-state index contributed by atoms with van der Waals surface area (Å²) in [6.45, 7) is 5.73. The largest absolute Gasteiger partial charge is 0.494 e. The number of benzene rings is 1. The predicted molar refractivity (Wildman–Crippen MR) is 102 cm³/mol. The van der Waals surface area contributed by atoms with E-state index in [1.54, 1.807) is 0 Å². The van der Waals surface area contributed by atoms with Gasteiger partial charge in [-0.25, -0.2) is 0 Å². The molecule has 0 radical (unpaired) electrons. The molecule has 0 aromatic heterocycles. The summed E-state index contributed by atoms with van der Waals surface area (Å²) in [7, 11) is 0. The van der Waals surface area contributed by atoms with Crippen molar-refractivity contribution < 1.29 is 14.3 Å². The SMILES string of the molecule is CCOC(=O)CC1CC1c1ccc(OCCCNC2=NCCCN2)cc1. The minimum absolute atomic E-state index is 0.0806. The van der Waals surface area contributed by atoms with Gasteiger partial charge in [0.1, 0.15) is 5.75 Å². The van der Waals surface area contributed by atoms with Crippen LogP contribution < -0.4 is 15.4 Å². The van der Waals surface area contributed by atoms with Crippen LogP contribution in [0.5, 0.6) is 5.75 Å². The predicted octanol–water partition coefficient (Wildman–Crippen LogP) is 2.45. The summed E-state index contributed by atoms with van der Waals surface area (Å²) >= 11 is 0. The Kier molecular flexibility index (Phi) is 6.75. The van der Waals surface area contributed by atoms with Crippen LogP contribution in [-0.4, -0.2) is 44.8 Å². The number of carbonyl (C=O) groups excluding carboxylic acids is 1. The fourth-order valence-electron chi connectivity index (χ4n) is 3.25. The van der Waals surface area contributed by atoms with E-state index in [0.29, 0.717) is 31.5 Å². The number of nitrogens with zero attached hydrogens (tertiary/aromatic N) is 1. The summed E-state index contributed by atoms with van der Waals surface area (Å²) in [5.74, 6) is 2.64. The van der Waals surface area contributed by atoms with Crippen LogP contribution in [0.1, 0.15) is 44.1 Å². The zero-order valence-electron chi connectivity index (χ0n) is 15.5. The Morgan fingerprint density at radius 1 is 1.35 bits per heavy atom. The summed E-state index contributed by atoms with van der Waals surface area (Å²) in [6.07, 6.45) is 3.63. The first-order valence-corrected chi connectivity index (χ1v) is 9.67. The minimum atomic E-state index is -0.0806. The zero-order valence-corrected chi connectivity index (χ0v) is 15.5. The van der Waals surface area contributed by atoms with Crippen molar-refractivity contribution in [3.05, 3.63) is 29.8 Å². The monoisotopic (exact) mass is 359 g/mol. The van der Waals surface area contributed by atoms with Crippen LogP contribution in [0.3, 0.4) is 0 Å². The lowest BCUT2D eigenvalue weighted by Gasteiger charge is -2.16. The molecule has 0 bridgehead atoms. The lowest BCUT2D eigenvalue weighted by molar-refractivity contribution is -0.143. The molecule has 26 heavy (non-hydrogen) atoms. The maximum atomic E-state index is 11.5. The summed E-state index contributed by atoms with van der Waals surface area (Å²) in [5, 5.41) is 6.53. The summed E-state index contributed by atoms with van der Waals surface area (Å²) < 4.78 is 10.8. The number of hydrogen-bond donors (Lipinski definition) is 2. The van der Waals surface area contributed by atoms with Gasteiger partial charge in [-0.3, -0.25) is 9.79 Å². The molecule has 2 aliphatic rings. The highest BCUT2D eigenvalue weighted by molar-refractivity contribution is 5.80. The van der Waals surface area contributed by atoms with Crippen molar-refractivity contribution in [3.8, 4) is 5.75 Å². The molecule has 2 N–H and O–H groups in total.